The molecule has 4 nitrogen and oxygen atoms in total. The highest BCUT2D eigenvalue weighted by Gasteiger charge is 2.14. The van der Waals surface area contributed by atoms with Gasteiger partial charge in [0.1, 0.15) is 5.82 Å². The second-order valence-corrected chi connectivity index (χ2v) is 5.69. The second kappa shape index (κ2) is 6.74. The number of nitrogens with zero attached hydrogens (tertiary/aromatic N) is 2. The lowest BCUT2D eigenvalue weighted by atomic mass is 9.99. The molecule has 0 radical (unpaired) electrons. The highest BCUT2D eigenvalue weighted by atomic mass is 16.4. The van der Waals surface area contributed by atoms with E-state index >= 15 is 0 Å². The van der Waals surface area contributed by atoms with Crippen LogP contribution in [0.15, 0.2) is 18.2 Å². The van der Waals surface area contributed by atoms with Gasteiger partial charge in [-0.05, 0) is 37.5 Å². The fraction of sp³-hybridized carbons (Fsp3) is 0.529. The number of carbonyl (C=O) groups is 1. The molecule has 1 aromatic heterocycles. The third-order valence-electron chi connectivity index (χ3n) is 4.17. The quantitative estimate of drug-likeness (QED) is 0.828. The van der Waals surface area contributed by atoms with Crippen LogP contribution in [-0.4, -0.2) is 20.6 Å². The molecule has 2 rings (SSSR count). The first kappa shape index (κ1) is 15.5. The predicted octanol–water partition coefficient (Wildman–Crippen LogP) is 4.26. The summed E-state index contributed by atoms with van der Waals surface area (Å²) in [6.07, 6.45) is 4.88. The maximum Gasteiger partial charge on any atom is 0.335 e. The minimum absolute atomic E-state index is 0.296. The van der Waals surface area contributed by atoms with Crippen LogP contribution < -0.4 is 0 Å². The molecular weight excluding hydrogens is 264 g/mol. The molecule has 0 saturated heterocycles. The number of rotatable bonds is 7. The molecular formula is C17H24N2O2. The van der Waals surface area contributed by atoms with Gasteiger partial charge in [-0.1, -0.05) is 33.1 Å². The van der Waals surface area contributed by atoms with Crippen LogP contribution in [0.3, 0.4) is 0 Å². The summed E-state index contributed by atoms with van der Waals surface area (Å²) >= 11 is 0. The van der Waals surface area contributed by atoms with Crippen LogP contribution in [0, 0.1) is 12.8 Å². The molecule has 0 spiro atoms. The summed E-state index contributed by atoms with van der Waals surface area (Å²) in [6.45, 7) is 7.41. The summed E-state index contributed by atoms with van der Waals surface area (Å²) in [6, 6.07) is 5.20. The van der Waals surface area contributed by atoms with Crippen molar-refractivity contribution in [3.8, 4) is 0 Å². The SMILES string of the molecule is CCCCC(CC)Cn1c(C)nc2cc(C(=O)O)ccc21. The van der Waals surface area contributed by atoms with E-state index in [1.807, 2.05) is 13.0 Å². The molecule has 21 heavy (non-hydrogen) atoms. The van der Waals surface area contributed by atoms with Gasteiger partial charge in [0.25, 0.3) is 0 Å². The van der Waals surface area contributed by atoms with E-state index in [0.29, 0.717) is 11.5 Å². The minimum Gasteiger partial charge on any atom is -0.478 e. The van der Waals surface area contributed by atoms with Crippen molar-refractivity contribution in [1.82, 2.24) is 9.55 Å². The van der Waals surface area contributed by atoms with Gasteiger partial charge in [0, 0.05) is 6.54 Å². The Bertz CT molecular complexity index is 631. The van der Waals surface area contributed by atoms with Gasteiger partial charge in [-0.3, -0.25) is 0 Å². The normalized spacial score (nSPS) is 12.7. The van der Waals surface area contributed by atoms with E-state index in [-0.39, 0.29) is 0 Å². The molecule has 1 heterocycles. The average molecular weight is 288 g/mol. The Kier molecular flexibility index (Phi) is 4.99. The van der Waals surface area contributed by atoms with Crippen molar-refractivity contribution < 1.29 is 9.90 Å². The lowest BCUT2D eigenvalue weighted by molar-refractivity contribution is 0.0697. The van der Waals surface area contributed by atoms with Gasteiger partial charge >= 0.3 is 5.97 Å². The molecule has 1 unspecified atom stereocenters. The topological polar surface area (TPSA) is 55.1 Å². The maximum absolute atomic E-state index is 11.0. The zero-order chi connectivity index (χ0) is 15.4. The molecule has 1 atom stereocenters. The predicted molar refractivity (Wildman–Crippen MR) is 84.7 cm³/mol. The molecule has 114 valence electrons. The first-order valence-corrected chi connectivity index (χ1v) is 7.77. The number of aromatic carboxylic acids is 1. The smallest absolute Gasteiger partial charge is 0.335 e. The Balaban J connectivity index is 2.31. The van der Waals surface area contributed by atoms with Crippen molar-refractivity contribution in [2.24, 2.45) is 5.92 Å². The van der Waals surface area contributed by atoms with Crippen LogP contribution in [0.1, 0.15) is 55.7 Å². The van der Waals surface area contributed by atoms with Gasteiger partial charge in [-0.2, -0.15) is 0 Å². The average Bonchev–Trinajstić information content (AvgIpc) is 2.78. The molecule has 1 N–H and O–H groups in total. The van der Waals surface area contributed by atoms with Crippen LogP contribution in [0.25, 0.3) is 11.0 Å². The summed E-state index contributed by atoms with van der Waals surface area (Å²) in [4.78, 5) is 15.6. The van der Waals surface area contributed by atoms with Crippen molar-refractivity contribution in [3.63, 3.8) is 0 Å². The number of unbranched alkanes of at least 4 members (excludes halogenated alkanes) is 1. The van der Waals surface area contributed by atoms with Gasteiger partial charge in [-0.25, -0.2) is 9.78 Å². The molecule has 4 heteroatoms. The maximum atomic E-state index is 11.0. The molecule has 0 fully saturated rings. The van der Waals surface area contributed by atoms with Gasteiger partial charge in [0.2, 0.25) is 0 Å². The lowest BCUT2D eigenvalue weighted by Crippen LogP contribution is -2.11. The number of fused-ring (bicyclic) bond motifs is 1. The molecule has 0 aliphatic rings. The van der Waals surface area contributed by atoms with Crippen LogP contribution in [-0.2, 0) is 6.54 Å². The van der Waals surface area contributed by atoms with Gasteiger partial charge in [0.05, 0.1) is 16.6 Å². The van der Waals surface area contributed by atoms with Crippen LogP contribution in [0.2, 0.25) is 0 Å². The number of carboxylic acids is 1. The first-order valence-electron chi connectivity index (χ1n) is 7.77. The fourth-order valence-electron chi connectivity index (χ4n) is 2.79. The Hall–Kier alpha value is -1.84. The summed E-state index contributed by atoms with van der Waals surface area (Å²) in [5.74, 6) is 0.709. The van der Waals surface area contributed by atoms with Crippen LogP contribution >= 0.6 is 0 Å². The van der Waals surface area contributed by atoms with E-state index in [1.165, 1.54) is 19.3 Å². The molecule has 0 aliphatic heterocycles. The monoisotopic (exact) mass is 288 g/mol. The van der Waals surface area contributed by atoms with Gasteiger partial charge in [0.15, 0.2) is 0 Å². The third kappa shape index (κ3) is 3.43. The molecule has 0 saturated carbocycles. The second-order valence-electron chi connectivity index (χ2n) is 5.69. The Morgan fingerprint density at radius 2 is 2.14 bits per heavy atom. The van der Waals surface area contributed by atoms with Gasteiger partial charge in [-0.15, -0.1) is 0 Å². The number of aryl methyl sites for hydroxylation is 1. The summed E-state index contributed by atoms with van der Waals surface area (Å²) in [5.41, 5.74) is 2.11. The third-order valence-corrected chi connectivity index (χ3v) is 4.17. The number of hydrogen-bond acceptors (Lipinski definition) is 2. The number of aromatic nitrogens is 2. The van der Waals surface area contributed by atoms with Crippen molar-refractivity contribution in [1.29, 1.82) is 0 Å². The largest absolute Gasteiger partial charge is 0.478 e. The number of carboxylic acid groups (broad SMARTS) is 1. The van der Waals surface area contributed by atoms with E-state index in [9.17, 15) is 4.79 Å². The molecule has 0 aliphatic carbocycles. The number of benzene rings is 1. The fourth-order valence-corrected chi connectivity index (χ4v) is 2.79. The standard InChI is InChI=1S/C17H24N2O2/c1-4-6-7-13(5-2)11-19-12(3)18-15-10-14(17(20)21)8-9-16(15)19/h8-10,13H,4-7,11H2,1-3H3,(H,20,21). The number of imidazole rings is 1. The Labute approximate surface area is 125 Å². The zero-order valence-electron chi connectivity index (χ0n) is 13.1. The van der Waals surface area contributed by atoms with E-state index in [0.717, 1.165) is 29.8 Å². The van der Waals surface area contributed by atoms with E-state index in [2.05, 4.69) is 23.4 Å². The van der Waals surface area contributed by atoms with Crippen molar-refractivity contribution in [3.05, 3.63) is 29.6 Å². The van der Waals surface area contributed by atoms with Crippen molar-refractivity contribution in [2.45, 2.75) is 53.0 Å². The van der Waals surface area contributed by atoms with Gasteiger partial charge < -0.3 is 9.67 Å². The Morgan fingerprint density at radius 1 is 1.38 bits per heavy atom. The van der Waals surface area contributed by atoms with E-state index < -0.39 is 5.97 Å². The molecule has 0 amide bonds. The summed E-state index contributed by atoms with van der Waals surface area (Å²) < 4.78 is 2.23. The van der Waals surface area contributed by atoms with Crippen LogP contribution in [0.5, 0.6) is 0 Å². The molecule has 0 bridgehead atoms. The van der Waals surface area contributed by atoms with E-state index in [1.54, 1.807) is 12.1 Å². The number of hydrogen-bond donors (Lipinski definition) is 1. The van der Waals surface area contributed by atoms with Crippen LogP contribution in [0.4, 0.5) is 0 Å². The molecule has 2 aromatic rings. The van der Waals surface area contributed by atoms with Crippen molar-refractivity contribution in [2.75, 3.05) is 0 Å². The first-order chi connectivity index (χ1) is 10.1. The summed E-state index contributed by atoms with van der Waals surface area (Å²) in [5, 5.41) is 9.07. The molecule has 1 aromatic carbocycles. The summed E-state index contributed by atoms with van der Waals surface area (Å²) in [7, 11) is 0. The van der Waals surface area contributed by atoms with Crippen molar-refractivity contribution >= 4 is 17.0 Å². The Morgan fingerprint density at radius 3 is 2.76 bits per heavy atom. The highest BCUT2D eigenvalue weighted by Crippen LogP contribution is 2.22. The zero-order valence-corrected chi connectivity index (χ0v) is 13.1. The minimum atomic E-state index is -0.904. The van der Waals surface area contributed by atoms with E-state index in [4.69, 9.17) is 5.11 Å². The highest BCUT2D eigenvalue weighted by molar-refractivity contribution is 5.92. The lowest BCUT2D eigenvalue weighted by Gasteiger charge is -2.17.